The van der Waals surface area contributed by atoms with Gasteiger partial charge in [-0.1, -0.05) is 26.0 Å². The van der Waals surface area contributed by atoms with Gasteiger partial charge in [0.25, 0.3) is 0 Å². The first-order valence-electron chi connectivity index (χ1n) is 7.77. The lowest BCUT2D eigenvalue weighted by atomic mass is 9.93. The third kappa shape index (κ3) is 3.10. The fourth-order valence-corrected chi connectivity index (χ4v) is 3.08. The molecular weight excluding hydrogens is 269 g/mol. The van der Waals surface area contributed by atoms with E-state index in [1.165, 1.54) is 12.1 Å². The zero-order chi connectivity index (χ0) is 15.5. The Morgan fingerprint density at radius 2 is 1.86 bits per heavy atom. The lowest BCUT2D eigenvalue weighted by molar-refractivity contribution is -0.137. The first-order chi connectivity index (χ1) is 10.1. The maximum Gasteiger partial charge on any atom is 0.233 e. The lowest BCUT2D eigenvalue weighted by Crippen LogP contribution is -2.46. The highest BCUT2D eigenvalue weighted by Gasteiger charge is 2.53. The molecule has 116 valence electrons. The maximum absolute atomic E-state index is 13.1. The van der Waals surface area contributed by atoms with E-state index in [0.29, 0.717) is 6.54 Å². The van der Waals surface area contributed by atoms with Gasteiger partial charge in [-0.25, -0.2) is 4.39 Å². The first-order valence-corrected chi connectivity index (χ1v) is 7.77. The average molecular weight is 293 g/mol. The summed E-state index contributed by atoms with van der Waals surface area (Å²) in [4.78, 5) is 14.8. The summed E-state index contributed by atoms with van der Waals surface area (Å²) in [7, 11) is 0. The Morgan fingerprint density at radius 1 is 1.29 bits per heavy atom. The van der Waals surface area contributed by atoms with Crippen LogP contribution in [0.3, 0.4) is 0 Å². The predicted molar refractivity (Wildman–Crippen MR) is 80.5 cm³/mol. The van der Waals surface area contributed by atoms with Crippen LogP contribution in [0.1, 0.15) is 45.1 Å². The molecule has 0 saturated heterocycles. The quantitative estimate of drug-likeness (QED) is 0.840. The highest BCUT2D eigenvalue weighted by atomic mass is 19.1. The Hall–Kier alpha value is -1.42. The van der Waals surface area contributed by atoms with E-state index < -0.39 is 5.41 Å². The van der Waals surface area contributed by atoms with Gasteiger partial charge in [-0.2, -0.15) is 0 Å². The molecule has 1 aromatic rings. The van der Waals surface area contributed by atoms with Gasteiger partial charge in [-0.05, 0) is 43.4 Å². The van der Waals surface area contributed by atoms with E-state index in [2.05, 4.69) is 13.8 Å². The van der Waals surface area contributed by atoms with Crippen molar-refractivity contribution in [3.8, 4) is 0 Å². The zero-order valence-corrected chi connectivity index (χ0v) is 12.8. The third-order valence-corrected chi connectivity index (χ3v) is 4.54. The second-order valence-corrected chi connectivity index (χ2v) is 5.78. The number of carbonyl (C=O) groups excluding carboxylic acids is 1. The van der Waals surface area contributed by atoms with Crippen molar-refractivity contribution in [2.45, 2.75) is 51.0 Å². The Labute approximate surface area is 125 Å². The van der Waals surface area contributed by atoms with Crippen LogP contribution < -0.4 is 0 Å². The molecule has 0 atom stereocenters. The molecule has 1 amide bonds. The van der Waals surface area contributed by atoms with Crippen LogP contribution in [0, 0.1) is 5.82 Å². The van der Waals surface area contributed by atoms with Gasteiger partial charge in [0.1, 0.15) is 5.82 Å². The van der Waals surface area contributed by atoms with Crippen molar-refractivity contribution in [2.75, 3.05) is 13.2 Å². The van der Waals surface area contributed by atoms with Crippen LogP contribution in [0.25, 0.3) is 0 Å². The molecule has 1 aliphatic rings. The van der Waals surface area contributed by atoms with Crippen LogP contribution >= 0.6 is 0 Å². The normalized spacial score (nSPS) is 16.0. The molecule has 0 aromatic heterocycles. The van der Waals surface area contributed by atoms with Crippen molar-refractivity contribution < 1.29 is 14.3 Å². The smallest absolute Gasteiger partial charge is 0.233 e. The Morgan fingerprint density at radius 3 is 2.29 bits per heavy atom. The van der Waals surface area contributed by atoms with Gasteiger partial charge < -0.3 is 10.0 Å². The van der Waals surface area contributed by atoms with Crippen molar-refractivity contribution in [3.05, 3.63) is 35.6 Å². The van der Waals surface area contributed by atoms with E-state index in [0.717, 1.165) is 31.2 Å². The van der Waals surface area contributed by atoms with Gasteiger partial charge in [0.05, 0.1) is 12.0 Å². The number of hydrogen-bond donors (Lipinski definition) is 1. The molecule has 21 heavy (non-hydrogen) atoms. The number of hydrogen-bond acceptors (Lipinski definition) is 2. The van der Waals surface area contributed by atoms with E-state index in [1.54, 1.807) is 12.1 Å². The number of carbonyl (C=O) groups is 1. The molecule has 1 aliphatic carbocycles. The summed E-state index contributed by atoms with van der Waals surface area (Å²) >= 11 is 0. The Bertz CT molecular complexity index is 478. The molecule has 0 bridgehead atoms. The molecular formula is C17H24FNO2. The summed E-state index contributed by atoms with van der Waals surface area (Å²) in [5.74, 6) is -0.203. The lowest BCUT2D eigenvalue weighted by Gasteiger charge is -2.33. The molecule has 0 aliphatic heterocycles. The van der Waals surface area contributed by atoms with Gasteiger partial charge in [0.2, 0.25) is 5.91 Å². The minimum atomic E-state index is -0.495. The van der Waals surface area contributed by atoms with Crippen molar-refractivity contribution in [3.63, 3.8) is 0 Å². The standard InChI is InChI=1S/C17H24FNO2/c1-3-15(4-2)19(11-12-20)16(21)17(9-10-17)13-5-7-14(18)8-6-13/h5-8,15,20H,3-4,9-12H2,1-2H3. The van der Waals surface area contributed by atoms with E-state index in [9.17, 15) is 14.3 Å². The van der Waals surface area contributed by atoms with Gasteiger partial charge in [0, 0.05) is 12.6 Å². The van der Waals surface area contributed by atoms with Crippen molar-refractivity contribution in [1.82, 2.24) is 4.90 Å². The summed E-state index contributed by atoms with van der Waals surface area (Å²) in [6.45, 7) is 4.46. The Balaban J connectivity index is 2.25. The van der Waals surface area contributed by atoms with Gasteiger partial charge in [0.15, 0.2) is 0 Å². The summed E-state index contributed by atoms with van der Waals surface area (Å²) in [5, 5.41) is 9.28. The molecule has 1 aromatic carbocycles. The largest absolute Gasteiger partial charge is 0.395 e. The number of nitrogens with zero attached hydrogens (tertiary/aromatic N) is 1. The second kappa shape index (κ2) is 6.56. The third-order valence-electron chi connectivity index (χ3n) is 4.54. The topological polar surface area (TPSA) is 40.5 Å². The second-order valence-electron chi connectivity index (χ2n) is 5.78. The highest BCUT2D eigenvalue weighted by molar-refractivity contribution is 5.91. The van der Waals surface area contributed by atoms with Crippen LogP contribution in [-0.2, 0) is 10.2 Å². The summed E-state index contributed by atoms with van der Waals surface area (Å²) in [6, 6.07) is 6.41. The van der Waals surface area contributed by atoms with Crippen molar-refractivity contribution in [1.29, 1.82) is 0 Å². The minimum Gasteiger partial charge on any atom is -0.395 e. The van der Waals surface area contributed by atoms with Crippen molar-refractivity contribution >= 4 is 5.91 Å². The number of rotatable bonds is 7. The zero-order valence-electron chi connectivity index (χ0n) is 12.8. The summed E-state index contributed by atoms with van der Waals surface area (Å²) in [5.41, 5.74) is 0.397. The molecule has 4 heteroatoms. The van der Waals surface area contributed by atoms with Crippen LogP contribution in [0.5, 0.6) is 0 Å². The van der Waals surface area contributed by atoms with Crippen LogP contribution in [-0.4, -0.2) is 35.1 Å². The number of aliphatic hydroxyl groups excluding tert-OH is 1. The monoisotopic (exact) mass is 293 g/mol. The highest BCUT2D eigenvalue weighted by Crippen LogP contribution is 2.50. The molecule has 0 heterocycles. The predicted octanol–water partition coefficient (Wildman–Crippen LogP) is 2.87. The molecule has 3 nitrogen and oxygen atoms in total. The van der Waals surface area contributed by atoms with Crippen LogP contribution in [0.2, 0.25) is 0 Å². The van der Waals surface area contributed by atoms with Gasteiger partial charge in [-0.15, -0.1) is 0 Å². The molecule has 1 fully saturated rings. The minimum absolute atomic E-state index is 0.0261. The van der Waals surface area contributed by atoms with Gasteiger partial charge >= 0.3 is 0 Å². The van der Waals surface area contributed by atoms with E-state index in [4.69, 9.17) is 0 Å². The average Bonchev–Trinajstić information content (AvgIpc) is 3.29. The number of halogens is 1. The fourth-order valence-electron chi connectivity index (χ4n) is 3.08. The number of benzene rings is 1. The van der Waals surface area contributed by atoms with E-state index >= 15 is 0 Å². The maximum atomic E-state index is 13.1. The van der Waals surface area contributed by atoms with Gasteiger partial charge in [-0.3, -0.25) is 4.79 Å². The van der Waals surface area contributed by atoms with Crippen LogP contribution in [0.15, 0.2) is 24.3 Å². The van der Waals surface area contributed by atoms with Crippen molar-refractivity contribution in [2.24, 2.45) is 0 Å². The molecule has 2 rings (SSSR count). The summed E-state index contributed by atoms with van der Waals surface area (Å²) in [6.07, 6.45) is 3.36. The number of aliphatic hydroxyl groups is 1. The molecule has 1 N–H and O–H groups in total. The first kappa shape index (κ1) is 16.0. The fraction of sp³-hybridized carbons (Fsp3) is 0.588. The SMILES string of the molecule is CCC(CC)N(CCO)C(=O)C1(c2ccc(F)cc2)CC1. The summed E-state index contributed by atoms with van der Waals surface area (Å²) < 4.78 is 13.1. The molecule has 0 radical (unpaired) electrons. The Kier molecular flexibility index (Phi) is 4.99. The molecule has 0 spiro atoms. The van der Waals surface area contributed by atoms with E-state index in [1.807, 2.05) is 4.90 Å². The molecule has 0 unspecified atom stereocenters. The van der Waals surface area contributed by atoms with Crippen LogP contribution in [0.4, 0.5) is 4.39 Å². The van der Waals surface area contributed by atoms with E-state index in [-0.39, 0.29) is 24.4 Å². The molecule has 1 saturated carbocycles. The number of amides is 1.